The average Bonchev–Trinajstić information content (AvgIpc) is 2.28. The minimum absolute atomic E-state index is 0.0339. The Morgan fingerprint density at radius 1 is 1.44 bits per heavy atom. The normalized spacial score (nSPS) is 11.5. The molecule has 1 aromatic carbocycles. The lowest BCUT2D eigenvalue weighted by molar-refractivity contribution is -0.540. The number of hydrogen-bond donors (Lipinski definition) is 1. The van der Waals surface area contributed by atoms with Crippen molar-refractivity contribution in [1.29, 1.82) is 0 Å². The molecule has 88 valence electrons. The maximum absolute atomic E-state index is 10.8. The molecule has 0 unspecified atom stereocenters. The predicted octanol–water partition coefficient (Wildman–Crippen LogP) is 2.11. The van der Waals surface area contributed by atoms with Crippen LogP contribution in [-0.4, -0.2) is 12.0 Å². The molecular formula is C12H19N2O2+. The summed E-state index contributed by atoms with van der Waals surface area (Å²) in [6.45, 7) is 6.32. The number of hydrogen-bond acceptors (Lipinski definition) is 2. The molecule has 0 saturated heterocycles. The van der Waals surface area contributed by atoms with Crippen LogP contribution in [0.1, 0.15) is 32.8 Å². The number of nitro groups is 1. The van der Waals surface area contributed by atoms with Gasteiger partial charge in [0.05, 0.1) is 12.0 Å². The van der Waals surface area contributed by atoms with E-state index in [0.29, 0.717) is 0 Å². The molecule has 1 aromatic rings. The topological polar surface area (TPSA) is 59.8 Å². The van der Waals surface area contributed by atoms with Crippen LogP contribution in [0.3, 0.4) is 0 Å². The highest BCUT2D eigenvalue weighted by Crippen LogP contribution is 2.33. The fourth-order valence-electron chi connectivity index (χ4n) is 1.69. The minimum atomic E-state index is -0.339. The first kappa shape index (κ1) is 12.6. The fourth-order valence-corrected chi connectivity index (χ4v) is 1.69. The Labute approximate surface area is 95.8 Å². The Morgan fingerprint density at radius 3 is 2.50 bits per heavy atom. The standard InChI is InChI=1S/C12H18N2O2/c1-5-12(2,3)10-8-9(14(15)16)6-7-11(10)13-4/h6-8,13H,5H2,1-4H3/p+1. The van der Waals surface area contributed by atoms with E-state index in [1.807, 2.05) is 18.4 Å². The second-order valence-electron chi connectivity index (χ2n) is 4.55. The van der Waals surface area contributed by atoms with E-state index in [0.717, 1.165) is 17.7 Å². The zero-order valence-corrected chi connectivity index (χ0v) is 10.3. The second kappa shape index (κ2) is 4.61. The van der Waals surface area contributed by atoms with E-state index in [1.165, 1.54) is 0 Å². The van der Waals surface area contributed by atoms with E-state index in [1.54, 1.807) is 12.1 Å². The molecule has 0 aliphatic heterocycles. The van der Waals surface area contributed by atoms with Gasteiger partial charge in [-0.2, -0.15) is 0 Å². The molecule has 0 aliphatic rings. The number of rotatable bonds is 4. The van der Waals surface area contributed by atoms with Gasteiger partial charge in [-0.3, -0.25) is 10.1 Å². The van der Waals surface area contributed by atoms with Crippen LogP contribution < -0.4 is 5.32 Å². The Balaban J connectivity index is 3.33. The van der Waals surface area contributed by atoms with E-state index in [2.05, 4.69) is 20.8 Å². The summed E-state index contributed by atoms with van der Waals surface area (Å²) in [6.07, 6.45) is 0.953. The summed E-state index contributed by atoms with van der Waals surface area (Å²) < 4.78 is 0. The Bertz CT molecular complexity index is 400. The second-order valence-corrected chi connectivity index (χ2v) is 4.55. The third kappa shape index (κ3) is 2.39. The van der Waals surface area contributed by atoms with E-state index in [9.17, 15) is 10.1 Å². The molecular weight excluding hydrogens is 204 g/mol. The van der Waals surface area contributed by atoms with Crippen molar-refractivity contribution >= 4 is 11.4 Å². The van der Waals surface area contributed by atoms with Crippen molar-refractivity contribution < 1.29 is 10.2 Å². The van der Waals surface area contributed by atoms with Crippen molar-refractivity contribution in [2.75, 3.05) is 7.05 Å². The summed E-state index contributed by atoms with van der Waals surface area (Å²) in [5, 5.41) is 12.8. The zero-order chi connectivity index (χ0) is 12.3. The van der Waals surface area contributed by atoms with Crippen molar-refractivity contribution in [3.8, 4) is 0 Å². The minimum Gasteiger partial charge on any atom is -0.316 e. The molecule has 0 radical (unpaired) electrons. The van der Waals surface area contributed by atoms with Gasteiger partial charge in [-0.05, 0) is 11.8 Å². The van der Waals surface area contributed by atoms with Gasteiger partial charge in [-0.1, -0.05) is 20.8 Å². The van der Waals surface area contributed by atoms with Crippen LogP contribution in [0.4, 0.5) is 11.4 Å². The smallest absolute Gasteiger partial charge is 0.270 e. The van der Waals surface area contributed by atoms with Crippen LogP contribution in [0, 0.1) is 10.1 Å². The number of nitrogens with two attached hydrogens (primary N) is 1. The molecule has 0 aromatic heterocycles. The molecule has 16 heavy (non-hydrogen) atoms. The molecule has 0 atom stereocenters. The number of quaternary nitrogens is 1. The number of nitro benzene ring substituents is 1. The molecule has 0 aliphatic carbocycles. The van der Waals surface area contributed by atoms with Gasteiger partial charge in [0, 0.05) is 23.8 Å². The SMILES string of the molecule is CCC(C)(C)c1cc([N+](=O)[O-])ccc1[NH2+]C. The average molecular weight is 223 g/mol. The van der Waals surface area contributed by atoms with Gasteiger partial charge in [0.15, 0.2) is 0 Å². The number of nitrogens with zero attached hydrogens (tertiary/aromatic N) is 1. The van der Waals surface area contributed by atoms with Gasteiger partial charge >= 0.3 is 0 Å². The molecule has 4 heteroatoms. The van der Waals surface area contributed by atoms with Gasteiger partial charge in [0.2, 0.25) is 0 Å². The van der Waals surface area contributed by atoms with Gasteiger partial charge < -0.3 is 5.32 Å². The van der Waals surface area contributed by atoms with E-state index < -0.39 is 0 Å². The Hall–Kier alpha value is -1.42. The maximum atomic E-state index is 10.8. The third-order valence-electron chi connectivity index (χ3n) is 3.17. The van der Waals surface area contributed by atoms with Crippen molar-refractivity contribution in [2.24, 2.45) is 0 Å². The number of non-ortho nitro benzene ring substituents is 1. The molecule has 4 nitrogen and oxygen atoms in total. The highest BCUT2D eigenvalue weighted by Gasteiger charge is 2.25. The summed E-state index contributed by atoms with van der Waals surface area (Å²) >= 11 is 0. The Morgan fingerprint density at radius 2 is 2.06 bits per heavy atom. The molecule has 0 spiro atoms. The molecule has 0 fully saturated rings. The monoisotopic (exact) mass is 223 g/mol. The van der Waals surface area contributed by atoms with E-state index in [4.69, 9.17) is 0 Å². The summed E-state index contributed by atoms with van der Waals surface area (Å²) in [5.74, 6) is 0. The highest BCUT2D eigenvalue weighted by molar-refractivity contribution is 5.50. The van der Waals surface area contributed by atoms with Crippen molar-refractivity contribution in [3.05, 3.63) is 33.9 Å². The Kier molecular flexibility index (Phi) is 3.65. The maximum Gasteiger partial charge on any atom is 0.270 e. The first-order valence-corrected chi connectivity index (χ1v) is 5.50. The largest absolute Gasteiger partial charge is 0.316 e. The van der Waals surface area contributed by atoms with Crippen LogP contribution >= 0.6 is 0 Å². The summed E-state index contributed by atoms with van der Waals surface area (Å²) in [7, 11) is 1.95. The van der Waals surface area contributed by atoms with Crippen LogP contribution in [0.2, 0.25) is 0 Å². The van der Waals surface area contributed by atoms with Gasteiger partial charge in [0.1, 0.15) is 5.69 Å². The molecule has 0 saturated carbocycles. The lowest BCUT2D eigenvalue weighted by atomic mass is 9.81. The molecule has 2 N–H and O–H groups in total. The van der Waals surface area contributed by atoms with E-state index in [-0.39, 0.29) is 16.0 Å². The quantitative estimate of drug-likeness (QED) is 0.483. The predicted molar refractivity (Wildman–Crippen MR) is 63.9 cm³/mol. The van der Waals surface area contributed by atoms with Crippen LogP contribution in [0.5, 0.6) is 0 Å². The third-order valence-corrected chi connectivity index (χ3v) is 3.17. The van der Waals surface area contributed by atoms with Gasteiger partial charge in [-0.15, -0.1) is 0 Å². The van der Waals surface area contributed by atoms with Crippen molar-refractivity contribution in [2.45, 2.75) is 32.6 Å². The summed E-state index contributed by atoms with van der Waals surface area (Å²) in [6, 6.07) is 5.08. The highest BCUT2D eigenvalue weighted by atomic mass is 16.6. The first-order chi connectivity index (χ1) is 7.42. The van der Waals surface area contributed by atoms with Crippen LogP contribution in [-0.2, 0) is 5.41 Å². The zero-order valence-electron chi connectivity index (χ0n) is 10.3. The lowest BCUT2D eigenvalue weighted by Gasteiger charge is -2.23. The molecule has 0 amide bonds. The van der Waals surface area contributed by atoms with Crippen LogP contribution in [0.15, 0.2) is 18.2 Å². The molecule has 0 heterocycles. The molecule has 0 bridgehead atoms. The van der Waals surface area contributed by atoms with Crippen molar-refractivity contribution in [3.63, 3.8) is 0 Å². The number of benzene rings is 1. The fraction of sp³-hybridized carbons (Fsp3) is 0.500. The van der Waals surface area contributed by atoms with Gasteiger partial charge in [0.25, 0.3) is 5.69 Å². The summed E-state index contributed by atoms with van der Waals surface area (Å²) in [5.41, 5.74) is 2.26. The molecule has 1 rings (SSSR count). The first-order valence-electron chi connectivity index (χ1n) is 5.50. The van der Waals surface area contributed by atoms with E-state index >= 15 is 0 Å². The summed E-state index contributed by atoms with van der Waals surface area (Å²) in [4.78, 5) is 10.4. The van der Waals surface area contributed by atoms with Crippen LogP contribution in [0.25, 0.3) is 0 Å². The van der Waals surface area contributed by atoms with Gasteiger partial charge in [-0.25, -0.2) is 0 Å². The lowest BCUT2D eigenvalue weighted by Crippen LogP contribution is -2.73. The van der Waals surface area contributed by atoms with Crippen molar-refractivity contribution in [1.82, 2.24) is 0 Å².